The van der Waals surface area contributed by atoms with E-state index in [-0.39, 0.29) is 0 Å². The van der Waals surface area contributed by atoms with E-state index in [4.69, 9.17) is 9.90 Å². The van der Waals surface area contributed by atoms with Gasteiger partial charge in [-0.2, -0.15) is 0 Å². The highest BCUT2D eigenvalue weighted by Crippen LogP contribution is 2.16. The minimum Gasteiger partial charge on any atom is -0.515 e. The normalized spacial score (nSPS) is 11.3. The summed E-state index contributed by atoms with van der Waals surface area (Å²) in [6, 6.07) is 0. The van der Waals surface area contributed by atoms with E-state index in [2.05, 4.69) is 27.7 Å². The predicted molar refractivity (Wildman–Crippen MR) is 97.2 cm³/mol. The van der Waals surface area contributed by atoms with Crippen LogP contribution in [0, 0.1) is 0 Å². The number of carbonyl (C=O) groups excluding carboxylic acids is 1. The highest BCUT2D eigenvalue weighted by atomic mass is 16.2. The van der Waals surface area contributed by atoms with Crippen molar-refractivity contribution in [3.63, 3.8) is 0 Å². The summed E-state index contributed by atoms with van der Waals surface area (Å²) in [6.07, 6.45) is 13.2. The van der Waals surface area contributed by atoms with Gasteiger partial charge in [0.05, 0.1) is 32.4 Å². The Morgan fingerprint density at radius 1 is 0.727 bits per heavy atom. The van der Waals surface area contributed by atoms with Crippen LogP contribution in [0.2, 0.25) is 0 Å². The molecule has 0 heterocycles. The molecule has 0 aliphatic carbocycles. The number of allylic oxidation sites excluding steroid dienone is 1. The molecule has 132 valence electrons. The van der Waals surface area contributed by atoms with Crippen LogP contribution in [0.15, 0.2) is 12.3 Å². The summed E-state index contributed by atoms with van der Waals surface area (Å²) in [7, 11) is 0. The van der Waals surface area contributed by atoms with Gasteiger partial charge in [0.15, 0.2) is 0 Å². The molecule has 0 aliphatic rings. The van der Waals surface area contributed by atoms with Crippen molar-refractivity contribution in [2.45, 2.75) is 79.1 Å². The Kier molecular flexibility index (Phi) is 19.4. The average Bonchev–Trinajstić information content (AvgIpc) is 2.55. The molecular formula is C19H40NO2+. The Morgan fingerprint density at radius 2 is 1.05 bits per heavy atom. The van der Waals surface area contributed by atoms with Gasteiger partial charge in [0.25, 0.3) is 0 Å². The van der Waals surface area contributed by atoms with Gasteiger partial charge < -0.3 is 9.59 Å². The largest absolute Gasteiger partial charge is 0.515 e. The average molecular weight is 315 g/mol. The van der Waals surface area contributed by atoms with Crippen LogP contribution < -0.4 is 0 Å². The summed E-state index contributed by atoms with van der Waals surface area (Å²) in [4.78, 5) is 9.16. The van der Waals surface area contributed by atoms with E-state index in [0.717, 1.165) is 6.08 Å². The van der Waals surface area contributed by atoms with Crippen LogP contribution in [0.25, 0.3) is 0 Å². The predicted octanol–water partition coefficient (Wildman–Crippen LogP) is 5.26. The first kappa shape index (κ1) is 23.4. The molecule has 0 aliphatic heterocycles. The van der Waals surface area contributed by atoms with Gasteiger partial charge in [0, 0.05) is 6.08 Å². The van der Waals surface area contributed by atoms with Crippen molar-refractivity contribution < 1.29 is 14.4 Å². The molecule has 0 atom stereocenters. The molecule has 0 unspecified atom stereocenters. The maximum Gasteiger partial charge on any atom is 0.145 e. The molecule has 0 bridgehead atoms. The van der Waals surface area contributed by atoms with Crippen LogP contribution in [-0.2, 0) is 4.79 Å². The molecule has 0 radical (unpaired) electrons. The topological polar surface area (TPSA) is 37.3 Å². The van der Waals surface area contributed by atoms with E-state index < -0.39 is 0 Å². The number of nitrogens with zero attached hydrogens (tertiary/aromatic N) is 1. The fourth-order valence-electron chi connectivity index (χ4n) is 2.68. The summed E-state index contributed by atoms with van der Waals surface area (Å²) in [5.41, 5.74) is 0. The van der Waals surface area contributed by atoms with Crippen LogP contribution in [0.1, 0.15) is 79.1 Å². The summed E-state index contributed by atoms with van der Waals surface area (Å²) in [5.74, 6) is 0. The molecule has 0 rings (SSSR count). The second-order valence-electron chi connectivity index (χ2n) is 6.13. The van der Waals surface area contributed by atoms with E-state index in [1.165, 1.54) is 82.0 Å². The van der Waals surface area contributed by atoms with E-state index >= 15 is 0 Å². The van der Waals surface area contributed by atoms with Gasteiger partial charge >= 0.3 is 0 Å². The molecule has 0 amide bonds. The van der Waals surface area contributed by atoms with E-state index in [1.807, 2.05) is 0 Å². The molecule has 0 saturated heterocycles. The molecule has 0 spiro atoms. The number of aliphatic hydroxyl groups excluding tert-OH is 1. The smallest absolute Gasteiger partial charge is 0.145 e. The molecule has 0 fully saturated rings. The number of hydrogen-bond donors (Lipinski definition) is 1. The highest BCUT2D eigenvalue weighted by molar-refractivity contribution is 5.63. The first-order valence-electron chi connectivity index (χ1n) is 9.25. The zero-order chi connectivity index (χ0) is 17.1. The molecule has 0 aromatic carbocycles. The first-order valence-corrected chi connectivity index (χ1v) is 9.25. The van der Waals surface area contributed by atoms with Crippen LogP contribution in [0.3, 0.4) is 0 Å². The van der Waals surface area contributed by atoms with Crippen molar-refractivity contribution in [2.75, 3.05) is 26.2 Å². The van der Waals surface area contributed by atoms with Crippen molar-refractivity contribution in [3.8, 4) is 0 Å². The third-order valence-corrected chi connectivity index (χ3v) is 4.11. The van der Waals surface area contributed by atoms with Crippen molar-refractivity contribution >= 4 is 6.29 Å². The van der Waals surface area contributed by atoms with Crippen molar-refractivity contribution in [2.24, 2.45) is 0 Å². The molecule has 3 heteroatoms. The minimum absolute atomic E-state index is 0.500. The van der Waals surface area contributed by atoms with Crippen LogP contribution >= 0.6 is 0 Å². The fraction of sp³-hybridized carbons (Fsp3) is 0.842. The van der Waals surface area contributed by atoms with Gasteiger partial charge in [-0.15, -0.1) is 0 Å². The maximum absolute atomic E-state index is 9.16. The Bertz CT molecular complexity index is 214. The van der Waals surface area contributed by atoms with Crippen molar-refractivity contribution in [1.29, 1.82) is 0 Å². The van der Waals surface area contributed by atoms with Gasteiger partial charge in [-0.25, -0.2) is 0 Å². The Hall–Kier alpha value is -0.830. The van der Waals surface area contributed by atoms with Crippen molar-refractivity contribution in [1.82, 2.24) is 0 Å². The third kappa shape index (κ3) is 14.1. The van der Waals surface area contributed by atoms with Crippen molar-refractivity contribution in [3.05, 3.63) is 12.3 Å². The van der Waals surface area contributed by atoms with Crippen LogP contribution in [0.4, 0.5) is 0 Å². The lowest BCUT2D eigenvalue weighted by molar-refractivity contribution is -0.929. The molecule has 0 saturated carbocycles. The number of quaternary nitrogens is 1. The number of hydrogen-bond acceptors (Lipinski definition) is 2. The van der Waals surface area contributed by atoms with Gasteiger partial charge in [0.2, 0.25) is 0 Å². The SMILES string of the molecule is CCCC[N+](CCCC)(CCCC)CCCC.O=CC=CO. The molecule has 1 N–H and O–H groups in total. The molecule has 0 aromatic heterocycles. The van der Waals surface area contributed by atoms with Gasteiger partial charge in [-0.05, 0) is 25.7 Å². The number of aldehydes is 1. The zero-order valence-electron chi connectivity index (χ0n) is 15.5. The van der Waals surface area contributed by atoms with Gasteiger partial charge in [-0.1, -0.05) is 53.4 Å². The van der Waals surface area contributed by atoms with E-state index in [0.29, 0.717) is 12.5 Å². The summed E-state index contributed by atoms with van der Waals surface area (Å²) >= 11 is 0. The highest BCUT2D eigenvalue weighted by Gasteiger charge is 2.24. The zero-order valence-corrected chi connectivity index (χ0v) is 15.5. The standard InChI is InChI=1S/C16H36N.C3H4O2/c1-5-9-13-17(14-10-6-2,15-11-7-3)16-12-8-4;4-2-1-3-5/h5-16H2,1-4H3;1-4H/q+1;. The van der Waals surface area contributed by atoms with Gasteiger partial charge in [-0.3, -0.25) is 4.79 Å². The molecule has 3 nitrogen and oxygen atoms in total. The van der Waals surface area contributed by atoms with E-state index in [1.54, 1.807) is 0 Å². The first-order chi connectivity index (χ1) is 10.7. The summed E-state index contributed by atoms with van der Waals surface area (Å²) in [5, 5.41) is 7.65. The Morgan fingerprint density at radius 3 is 1.18 bits per heavy atom. The van der Waals surface area contributed by atoms with Crippen LogP contribution in [0.5, 0.6) is 0 Å². The maximum atomic E-state index is 9.16. The molecule has 0 aromatic rings. The molecular weight excluding hydrogens is 274 g/mol. The van der Waals surface area contributed by atoms with Crippen LogP contribution in [-0.4, -0.2) is 42.1 Å². The number of carbonyl (C=O) groups is 1. The lowest BCUT2D eigenvalue weighted by Crippen LogP contribution is -2.50. The number of rotatable bonds is 13. The summed E-state index contributed by atoms with van der Waals surface area (Å²) < 4.78 is 1.42. The number of unbranched alkanes of at least 4 members (excludes halogenated alkanes) is 4. The quantitative estimate of drug-likeness (QED) is 0.218. The summed E-state index contributed by atoms with van der Waals surface area (Å²) in [6.45, 7) is 15.0. The monoisotopic (exact) mass is 314 g/mol. The lowest BCUT2D eigenvalue weighted by Gasteiger charge is -2.39. The lowest BCUT2D eigenvalue weighted by atomic mass is 10.1. The second-order valence-corrected chi connectivity index (χ2v) is 6.13. The third-order valence-electron chi connectivity index (χ3n) is 4.11. The second kappa shape index (κ2) is 18.2. The Labute approximate surface area is 139 Å². The number of aliphatic hydroxyl groups is 1. The fourth-order valence-corrected chi connectivity index (χ4v) is 2.68. The van der Waals surface area contributed by atoms with E-state index in [9.17, 15) is 0 Å². The van der Waals surface area contributed by atoms with Gasteiger partial charge in [0.1, 0.15) is 6.29 Å². The minimum atomic E-state index is 0.500. The Balaban J connectivity index is 0. The molecule has 22 heavy (non-hydrogen) atoms.